The van der Waals surface area contributed by atoms with Gasteiger partial charge >= 0.3 is 12.0 Å². The first kappa shape index (κ1) is 15.1. The Morgan fingerprint density at radius 2 is 1.80 bits per heavy atom. The van der Waals surface area contributed by atoms with Gasteiger partial charge in [0, 0.05) is 12.6 Å². The number of hydrogen-bond acceptors (Lipinski definition) is 3. The summed E-state index contributed by atoms with van der Waals surface area (Å²) in [6.45, 7) is 0.613. The largest absolute Gasteiger partial charge is 0.481 e. The highest BCUT2D eigenvalue weighted by atomic mass is 16.4. The Balaban J connectivity index is 1.96. The van der Waals surface area contributed by atoms with Crippen LogP contribution < -0.4 is 5.32 Å². The van der Waals surface area contributed by atoms with Gasteiger partial charge in [0.15, 0.2) is 0 Å². The summed E-state index contributed by atoms with van der Waals surface area (Å²) < 4.78 is 0. The van der Waals surface area contributed by atoms with Crippen LogP contribution in [0.1, 0.15) is 44.9 Å². The second-order valence-corrected chi connectivity index (χ2v) is 5.81. The van der Waals surface area contributed by atoms with E-state index in [1.807, 2.05) is 0 Å². The summed E-state index contributed by atoms with van der Waals surface area (Å²) in [5, 5.41) is 21.4. The van der Waals surface area contributed by atoms with Gasteiger partial charge in [-0.2, -0.15) is 0 Å². The second-order valence-electron chi connectivity index (χ2n) is 5.81. The third kappa shape index (κ3) is 3.42. The maximum Gasteiger partial charge on any atom is 0.317 e. The maximum atomic E-state index is 12.3. The monoisotopic (exact) mass is 284 g/mol. The average molecular weight is 284 g/mol. The lowest BCUT2D eigenvalue weighted by atomic mass is 9.84. The van der Waals surface area contributed by atoms with Crippen LogP contribution in [-0.4, -0.2) is 52.3 Å². The van der Waals surface area contributed by atoms with Crippen LogP contribution in [0.4, 0.5) is 4.79 Å². The van der Waals surface area contributed by atoms with Gasteiger partial charge in [-0.1, -0.05) is 12.8 Å². The minimum absolute atomic E-state index is 0.0273. The van der Waals surface area contributed by atoms with Gasteiger partial charge in [-0.25, -0.2) is 4.79 Å². The summed E-state index contributed by atoms with van der Waals surface area (Å²) in [6.07, 6.45) is 6.00. The van der Waals surface area contributed by atoms with E-state index in [9.17, 15) is 19.8 Å². The van der Waals surface area contributed by atoms with E-state index in [0.717, 1.165) is 38.5 Å². The highest BCUT2D eigenvalue weighted by molar-refractivity contribution is 5.77. The van der Waals surface area contributed by atoms with E-state index in [1.165, 1.54) is 0 Å². The van der Waals surface area contributed by atoms with Crippen molar-refractivity contribution in [3.8, 4) is 0 Å². The van der Waals surface area contributed by atoms with E-state index in [0.29, 0.717) is 13.0 Å². The predicted molar refractivity (Wildman–Crippen MR) is 73.3 cm³/mol. The summed E-state index contributed by atoms with van der Waals surface area (Å²) in [7, 11) is 0. The molecule has 0 aromatic rings. The van der Waals surface area contributed by atoms with E-state index in [4.69, 9.17) is 0 Å². The number of aliphatic hydroxyl groups excluding tert-OH is 1. The van der Waals surface area contributed by atoms with Crippen LogP contribution in [0.25, 0.3) is 0 Å². The summed E-state index contributed by atoms with van der Waals surface area (Å²) in [6, 6.07) is -0.632. The van der Waals surface area contributed by atoms with E-state index in [1.54, 1.807) is 4.90 Å². The molecule has 0 aromatic heterocycles. The van der Waals surface area contributed by atoms with Crippen LogP contribution in [0.5, 0.6) is 0 Å². The molecule has 0 spiro atoms. The number of likely N-dealkylation sites (tertiary alicyclic amines) is 1. The topological polar surface area (TPSA) is 89.9 Å². The molecule has 114 valence electrons. The van der Waals surface area contributed by atoms with Crippen LogP contribution in [0.3, 0.4) is 0 Å². The van der Waals surface area contributed by atoms with Crippen molar-refractivity contribution in [1.82, 2.24) is 10.2 Å². The number of nitrogens with zero attached hydrogens (tertiary/aromatic N) is 1. The molecular formula is C14H24N2O4. The van der Waals surface area contributed by atoms with Gasteiger partial charge in [0.2, 0.25) is 0 Å². The smallest absolute Gasteiger partial charge is 0.317 e. The zero-order valence-corrected chi connectivity index (χ0v) is 11.8. The van der Waals surface area contributed by atoms with Gasteiger partial charge in [-0.15, -0.1) is 0 Å². The lowest BCUT2D eigenvalue weighted by molar-refractivity contribution is -0.143. The number of hydrogen-bond donors (Lipinski definition) is 3. The molecule has 6 nitrogen and oxygen atoms in total. The van der Waals surface area contributed by atoms with Crippen LogP contribution in [0, 0.1) is 5.92 Å². The predicted octanol–water partition coefficient (Wildman–Crippen LogP) is 1.19. The zero-order valence-electron chi connectivity index (χ0n) is 11.8. The molecule has 3 N–H and O–H groups in total. The van der Waals surface area contributed by atoms with Crippen LogP contribution >= 0.6 is 0 Å². The molecule has 3 atom stereocenters. The molecule has 0 radical (unpaired) electrons. The van der Waals surface area contributed by atoms with Gasteiger partial charge in [-0.05, 0) is 32.1 Å². The molecule has 3 unspecified atom stereocenters. The molecule has 1 heterocycles. The van der Waals surface area contributed by atoms with Crippen molar-refractivity contribution in [3.63, 3.8) is 0 Å². The zero-order chi connectivity index (χ0) is 14.5. The van der Waals surface area contributed by atoms with Gasteiger partial charge < -0.3 is 20.4 Å². The van der Waals surface area contributed by atoms with Gasteiger partial charge in [0.25, 0.3) is 0 Å². The SMILES string of the molecule is O=C(O)C1CCCCC1NC(=O)N1CCCCC1CO. The first-order valence-corrected chi connectivity index (χ1v) is 7.54. The fourth-order valence-electron chi connectivity index (χ4n) is 3.30. The molecule has 6 heteroatoms. The number of piperidine rings is 1. The van der Waals surface area contributed by atoms with Gasteiger partial charge in [0.05, 0.1) is 18.6 Å². The number of aliphatic carboxylic acids is 1. The van der Waals surface area contributed by atoms with Crippen molar-refractivity contribution in [2.24, 2.45) is 5.92 Å². The van der Waals surface area contributed by atoms with Crippen LogP contribution in [-0.2, 0) is 4.79 Å². The Hall–Kier alpha value is -1.30. The van der Waals surface area contributed by atoms with Gasteiger partial charge in [-0.3, -0.25) is 4.79 Å². The number of amides is 2. The molecule has 2 fully saturated rings. The van der Waals surface area contributed by atoms with Crippen molar-refractivity contribution in [1.29, 1.82) is 0 Å². The van der Waals surface area contributed by atoms with Crippen molar-refractivity contribution in [2.75, 3.05) is 13.2 Å². The highest BCUT2D eigenvalue weighted by Crippen LogP contribution is 2.25. The van der Waals surface area contributed by atoms with E-state index >= 15 is 0 Å². The molecule has 1 saturated carbocycles. The Labute approximate surface area is 119 Å². The molecule has 2 amide bonds. The standard InChI is InChI=1S/C14H24N2O4/c17-9-10-5-3-4-8-16(10)14(20)15-12-7-2-1-6-11(12)13(18)19/h10-12,17H,1-9H2,(H,15,20)(H,18,19). The Bertz CT molecular complexity index is 361. The van der Waals surface area contributed by atoms with Crippen molar-refractivity contribution in [2.45, 2.75) is 57.0 Å². The first-order valence-electron chi connectivity index (χ1n) is 7.54. The lowest BCUT2D eigenvalue weighted by Crippen LogP contribution is -2.55. The fraction of sp³-hybridized carbons (Fsp3) is 0.857. The number of carboxylic acid groups (broad SMARTS) is 1. The van der Waals surface area contributed by atoms with E-state index < -0.39 is 11.9 Å². The normalized spacial score (nSPS) is 30.9. The number of carbonyl (C=O) groups excluding carboxylic acids is 1. The summed E-state index contributed by atoms with van der Waals surface area (Å²) in [5.74, 6) is -1.31. The molecule has 20 heavy (non-hydrogen) atoms. The minimum Gasteiger partial charge on any atom is -0.481 e. The van der Waals surface area contributed by atoms with E-state index in [2.05, 4.69) is 5.32 Å². The number of rotatable bonds is 3. The highest BCUT2D eigenvalue weighted by Gasteiger charge is 2.34. The Kier molecular flexibility index (Phi) is 5.23. The Morgan fingerprint density at radius 3 is 2.50 bits per heavy atom. The van der Waals surface area contributed by atoms with Crippen LogP contribution in [0.2, 0.25) is 0 Å². The van der Waals surface area contributed by atoms with Crippen LogP contribution in [0.15, 0.2) is 0 Å². The quantitative estimate of drug-likeness (QED) is 0.726. The third-order valence-electron chi connectivity index (χ3n) is 4.49. The van der Waals surface area contributed by atoms with Gasteiger partial charge in [0.1, 0.15) is 0 Å². The number of carbonyl (C=O) groups is 2. The number of aliphatic hydroxyl groups is 1. The summed E-state index contributed by atoms with van der Waals surface area (Å²) in [5.41, 5.74) is 0. The third-order valence-corrected chi connectivity index (χ3v) is 4.49. The molecule has 1 aliphatic heterocycles. The molecule has 1 saturated heterocycles. The number of nitrogens with one attached hydrogen (secondary N) is 1. The average Bonchev–Trinajstić information content (AvgIpc) is 2.47. The van der Waals surface area contributed by atoms with Crippen molar-refractivity contribution < 1.29 is 19.8 Å². The molecule has 1 aliphatic carbocycles. The van der Waals surface area contributed by atoms with E-state index in [-0.39, 0.29) is 24.7 Å². The maximum absolute atomic E-state index is 12.3. The van der Waals surface area contributed by atoms with Crippen molar-refractivity contribution in [3.05, 3.63) is 0 Å². The lowest BCUT2D eigenvalue weighted by Gasteiger charge is -2.37. The summed E-state index contributed by atoms with van der Waals surface area (Å²) in [4.78, 5) is 25.2. The molecule has 2 aliphatic rings. The molecule has 2 rings (SSSR count). The number of carboxylic acids is 1. The Morgan fingerprint density at radius 1 is 1.10 bits per heavy atom. The fourth-order valence-corrected chi connectivity index (χ4v) is 3.30. The molecule has 0 aromatic carbocycles. The molecule has 0 bridgehead atoms. The molecular weight excluding hydrogens is 260 g/mol. The summed E-state index contributed by atoms with van der Waals surface area (Å²) >= 11 is 0. The number of urea groups is 1. The minimum atomic E-state index is -0.827. The van der Waals surface area contributed by atoms with Crippen molar-refractivity contribution >= 4 is 12.0 Å². The second kappa shape index (κ2) is 6.92. The first-order chi connectivity index (χ1) is 9.63.